The second-order valence-electron chi connectivity index (χ2n) is 21.8. The molecule has 15 rings (SSSR count). The number of pyridine rings is 1. The summed E-state index contributed by atoms with van der Waals surface area (Å²) >= 11 is 3.03. The molecule has 514 valence electrons. The van der Waals surface area contributed by atoms with Crippen molar-refractivity contribution in [1.29, 1.82) is 0 Å². The first kappa shape index (κ1) is 70.0. The van der Waals surface area contributed by atoms with Crippen molar-refractivity contribution in [2.24, 2.45) is 25.5 Å². The number of phenols is 10. The van der Waals surface area contributed by atoms with E-state index in [-0.39, 0.29) is 63.5 Å². The molecule has 14 N–H and O–H groups in total. The fourth-order valence-corrected chi connectivity index (χ4v) is 11.1. The van der Waals surface area contributed by atoms with Crippen LogP contribution in [0.1, 0.15) is 27.8 Å². The topological polar surface area (TPSA) is 380 Å². The molecular weight excluding hydrogens is 1350 g/mol. The molecule has 25 nitrogen and oxygen atoms in total. The Morgan fingerprint density at radius 1 is 0.359 bits per heavy atom. The van der Waals surface area contributed by atoms with E-state index in [0.717, 1.165) is 58.4 Å². The van der Waals surface area contributed by atoms with Crippen molar-refractivity contribution in [3.8, 4) is 57.5 Å². The van der Waals surface area contributed by atoms with Crippen LogP contribution in [0.25, 0.3) is 53.2 Å². The smallest absolute Gasteiger partial charge is 0.316 e. The number of rotatable bonds is 15. The van der Waals surface area contributed by atoms with Crippen LogP contribution in [0, 0.1) is 0 Å². The van der Waals surface area contributed by atoms with Crippen molar-refractivity contribution in [1.82, 2.24) is 19.9 Å². The van der Waals surface area contributed by atoms with Gasteiger partial charge in [-0.1, -0.05) is 114 Å². The van der Waals surface area contributed by atoms with Gasteiger partial charge in [-0.15, -0.1) is 0 Å². The first-order chi connectivity index (χ1) is 50.0. The molecule has 27 heteroatoms. The zero-order valence-corrected chi connectivity index (χ0v) is 55.8. The number of benzene rings is 11. The molecule has 0 saturated carbocycles. The quantitative estimate of drug-likeness (QED) is 0.0257. The van der Waals surface area contributed by atoms with Gasteiger partial charge < -0.3 is 55.5 Å². The molecule has 0 fully saturated rings. The van der Waals surface area contributed by atoms with E-state index in [1.54, 1.807) is 18.1 Å². The highest BCUT2D eigenvalue weighted by Gasteiger charge is 2.10. The van der Waals surface area contributed by atoms with Gasteiger partial charge in [0.1, 0.15) is 68.8 Å². The van der Waals surface area contributed by atoms with Crippen LogP contribution in [-0.2, 0) is 0 Å². The summed E-state index contributed by atoms with van der Waals surface area (Å²) in [6, 6.07) is 70.0. The molecule has 0 spiro atoms. The van der Waals surface area contributed by atoms with Gasteiger partial charge in [-0.25, -0.2) is 25.4 Å². The third kappa shape index (κ3) is 19.5. The lowest BCUT2D eigenvalue weighted by molar-refractivity contribution is 0.459. The first-order valence-corrected chi connectivity index (χ1v) is 32.6. The van der Waals surface area contributed by atoms with Crippen molar-refractivity contribution < 1.29 is 55.5 Å². The summed E-state index contributed by atoms with van der Waals surface area (Å²) < 4.78 is 7.58. The number of para-hydroxylation sites is 5. The standard InChI is InChI=1S/C17H14N2O2.C16H13N3O2.C15H13N3O2S.C14H11N3O3.C14H11N3O2S/c20-14-8-9-17(21)13(10-14)11-18-19-16-7-3-5-12-4-1-2-6-15(12)16;20-13-6-7-15(21)12(9-13)10-17-19-16-8-5-11-3-1-2-4-14(11)18-16;1-18(15-17-12-4-2-3-5-14(12)21-15)16-9-10-8-11(19)6-7-13(10)20;2*18-10-5-6-12(19)9(7-10)8-15-17-14-16-11-3-1-2-4-13(11)20-14/h1-11,19-21H;1-10,20-21H,(H,18,19);2-9,19-20H,1H3;2*1-8,18-19H,(H,16,17)/b18-11+;17-10+;16-9+;2*15-8+. The van der Waals surface area contributed by atoms with E-state index in [0.29, 0.717) is 44.3 Å². The summed E-state index contributed by atoms with van der Waals surface area (Å²) in [5.74, 6) is 1.20. The Morgan fingerprint density at radius 2 is 0.796 bits per heavy atom. The number of fused-ring (bicyclic) bond motifs is 5. The molecular formula is C76H62N14O11S2. The lowest BCUT2D eigenvalue weighted by Crippen LogP contribution is -2.08. The van der Waals surface area contributed by atoms with Gasteiger partial charge >= 0.3 is 6.01 Å². The summed E-state index contributed by atoms with van der Waals surface area (Å²) in [7, 11) is 1.79. The van der Waals surface area contributed by atoms with Crippen molar-refractivity contribution in [2.75, 3.05) is 33.8 Å². The highest BCUT2D eigenvalue weighted by molar-refractivity contribution is 7.22. The molecule has 0 radical (unpaired) electrons. The van der Waals surface area contributed by atoms with Crippen LogP contribution >= 0.6 is 22.7 Å². The number of hydrogen-bond donors (Lipinski definition) is 14. The van der Waals surface area contributed by atoms with Crippen molar-refractivity contribution in [2.45, 2.75) is 0 Å². The fourth-order valence-electron chi connectivity index (χ4n) is 9.37. The first-order valence-electron chi connectivity index (χ1n) is 31.0. The highest BCUT2D eigenvalue weighted by atomic mass is 32.1. The summed E-state index contributed by atoms with van der Waals surface area (Å²) in [5.41, 5.74) is 18.3. The predicted octanol–water partition coefficient (Wildman–Crippen LogP) is 15.8. The third-order valence-electron chi connectivity index (χ3n) is 14.5. The largest absolute Gasteiger partial charge is 0.508 e. The van der Waals surface area contributed by atoms with E-state index in [9.17, 15) is 51.1 Å². The third-order valence-corrected chi connectivity index (χ3v) is 16.5. The Balaban J connectivity index is 0.000000129. The van der Waals surface area contributed by atoms with Gasteiger partial charge in [0, 0.05) is 45.6 Å². The molecule has 0 aliphatic rings. The second kappa shape index (κ2) is 33.8. The number of thiazole rings is 2. The lowest BCUT2D eigenvalue weighted by Gasteiger charge is -2.08. The van der Waals surface area contributed by atoms with Gasteiger partial charge in [0.2, 0.25) is 10.3 Å². The van der Waals surface area contributed by atoms with Crippen LogP contribution < -0.4 is 26.7 Å². The average molecular weight is 1410 g/mol. The number of anilines is 5. The van der Waals surface area contributed by atoms with E-state index in [4.69, 9.17) is 4.42 Å². The normalized spacial score (nSPS) is 11.2. The molecule has 0 saturated heterocycles. The minimum absolute atomic E-state index is 0.0194. The van der Waals surface area contributed by atoms with Gasteiger partial charge in [0.25, 0.3) is 0 Å². The molecule has 103 heavy (non-hydrogen) atoms. The van der Waals surface area contributed by atoms with E-state index < -0.39 is 0 Å². The zero-order chi connectivity index (χ0) is 72.0. The minimum atomic E-state index is 0.0194. The number of hydrogen-bond acceptors (Lipinski definition) is 27. The SMILES string of the molecule is CN(/N=C/c1cc(O)ccc1O)c1nc2ccccc2s1.Oc1ccc(O)c(/C=N/Nc2ccc3ccccc3n2)c1.Oc1ccc(O)c(/C=N/Nc2cccc3ccccc23)c1.Oc1ccc(O)c(/C=N/Nc2nc3ccccc3o2)c1.Oc1ccc(O)c(/C=N/Nc2nc3ccccc3s2)c1. The summed E-state index contributed by atoms with van der Waals surface area (Å²) in [4.78, 5) is 17.4. The van der Waals surface area contributed by atoms with Crippen LogP contribution in [0.5, 0.6) is 57.5 Å². The molecule has 0 atom stereocenters. The number of nitrogens with zero attached hydrogens (tertiary/aromatic N) is 10. The number of phenolic OH excluding ortho intramolecular Hbond substituents is 10. The Kier molecular flexibility index (Phi) is 23.0. The van der Waals surface area contributed by atoms with Gasteiger partial charge in [0.15, 0.2) is 5.58 Å². The second-order valence-corrected chi connectivity index (χ2v) is 23.9. The molecule has 11 aromatic carbocycles. The molecule has 0 aliphatic heterocycles. The van der Waals surface area contributed by atoms with Crippen LogP contribution in [0.4, 0.5) is 27.8 Å². The number of oxazole rings is 1. The number of aromatic hydroxyl groups is 10. The predicted molar refractivity (Wildman–Crippen MR) is 409 cm³/mol. The van der Waals surface area contributed by atoms with E-state index in [1.165, 1.54) is 145 Å². The van der Waals surface area contributed by atoms with Crippen LogP contribution in [0.15, 0.2) is 273 Å². The maximum atomic E-state index is 9.70. The molecule has 15 aromatic rings. The van der Waals surface area contributed by atoms with Crippen LogP contribution in [0.2, 0.25) is 0 Å². The van der Waals surface area contributed by atoms with Crippen LogP contribution in [0.3, 0.4) is 0 Å². The molecule has 0 aliphatic carbocycles. The number of hydrazone groups is 5. The Bertz CT molecular complexity index is 5350. The summed E-state index contributed by atoms with van der Waals surface area (Å²) in [6.07, 6.45) is 7.18. The van der Waals surface area contributed by atoms with Crippen molar-refractivity contribution in [3.05, 3.63) is 270 Å². The maximum absolute atomic E-state index is 9.70. The van der Waals surface area contributed by atoms with Crippen LogP contribution in [-0.4, -0.2) is 109 Å². The zero-order valence-electron chi connectivity index (χ0n) is 54.1. The van der Waals surface area contributed by atoms with Gasteiger partial charge in [-0.3, -0.25) is 16.3 Å². The summed E-state index contributed by atoms with van der Waals surface area (Å²) in [6.45, 7) is 0. The van der Waals surface area contributed by atoms with Gasteiger partial charge in [-0.05, 0) is 157 Å². The van der Waals surface area contributed by atoms with E-state index in [2.05, 4.69) is 67.1 Å². The van der Waals surface area contributed by atoms with Gasteiger partial charge in [0.05, 0.1) is 62.7 Å². The van der Waals surface area contributed by atoms with Gasteiger partial charge in [-0.2, -0.15) is 30.5 Å². The molecule has 0 bridgehead atoms. The number of aromatic nitrogens is 4. The summed E-state index contributed by atoms with van der Waals surface area (Å²) in [5, 5.41) is 122. The number of nitrogens with one attached hydrogen (secondary N) is 4. The molecule has 0 unspecified atom stereocenters. The monoisotopic (exact) mass is 1410 g/mol. The lowest BCUT2D eigenvalue weighted by atomic mass is 10.1. The average Bonchev–Trinajstić information content (AvgIpc) is 1.81. The minimum Gasteiger partial charge on any atom is -0.508 e. The Hall–Kier alpha value is -14.3. The Morgan fingerprint density at radius 3 is 1.34 bits per heavy atom. The molecule has 0 amide bonds. The van der Waals surface area contributed by atoms with Crippen molar-refractivity contribution in [3.63, 3.8) is 0 Å². The molecule has 4 heterocycles. The fraction of sp³-hybridized carbons (Fsp3) is 0.0132. The molecule has 4 aromatic heterocycles. The van der Waals surface area contributed by atoms with Crippen molar-refractivity contribution >= 4 is 135 Å². The highest BCUT2D eigenvalue weighted by Crippen LogP contribution is 2.31. The van der Waals surface area contributed by atoms with E-state index in [1.807, 2.05) is 146 Å². The van der Waals surface area contributed by atoms with E-state index >= 15 is 0 Å². The Labute approximate surface area is 594 Å². The maximum Gasteiger partial charge on any atom is 0.316 e.